The molecule has 3 aromatic carbocycles. The molecule has 5 N–H and O–H groups in total. The van der Waals surface area contributed by atoms with Gasteiger partial charge >= 0.3 is 0 Å². The van der Waals surface area contributed by atoms with Gasteiger partial charge in [-0.2, -0.15) is 0 Å². The summed E-state index contributed by atoms with van der Waals surface area (Å²) in [7, 11) is -1.36. The van der Waals surface area contributed by atoms with Crippen LogP contribution in [0, 0.1) is 0 Å². The molecule has 0 bridgehead atoms. The summed E-state index contributed by atoms with van der Waals surface area (Å²) < 4.78 is 30.2. The Morgan fingerprint density at radius 3 is 2.60 bits per heavy atom. The summed E-state index contributed by atoms with van der Waals surface area (Å²) in [6.07, 6.45) is 1.90. The van der Waals surface area contributed by atoms with Crippen LogP contribution in [0.1, 0.15) is 34.8 Å². The van der Waals surface area contributed by atoms with Crippen LogP contribution in [-0.4, -0.2) is 67.8 Å². The molecule has 0 radical (unpaired) electrons. The van der Waals surface area contributed by atoms with Crippen LogP contribution in [0.3, 0.4) is 0 Å². The molecule has 4 aromatic rings. The van der Waals surface area contributed by atoms with Crippen LogP contribution in [0.15, 0.2) is 73.1 Å². The first-order valence-corrected chi connectivity index (χ1v) is 15.9. The van der Waals surface area contributed by atoms with E-state index in [9.17, 15) is 19.0 Å². The summed E-state index contributed by atoms with van der Waals surface area (Å²) in [6.45, 7) is 3.89. The highest BCUT2D eigenvalue weighted by Gasteiger charge is 2.32. The van der Waals surface area contributed by atoms with Crippen LogP contribution in [0.25, 0.3) is 11.0 Å². The number of aromatic nitrogens is 2. The lowest BCUT2D eigenvalue weighted by Crippen LogP contribution is -2.48. The summed E-state index contributed by atoms with van der Waals surface area (Å²) >= 11 is 0. The Bertz CT molecular complexity index is 1510. The van der Waals surface area contributed by atoms with Crippen LogP contribution in [0.4, 0.5) is 5.69 Å². The lowest BCUT2D eigenvalue weighted by Gasteiger charge is -2.38. The number of ether oxygens (including phenoxy) is 1. The summed E-state index contributed by atoms with van der Waals surface area (Å²) in [5.41, 5.74) is 4.26. The smallest absolute Gasteiger partial charge is 0.251 e. The molecule has 5 rings (SSSR count). The monoisotopic (exact) mass is 593 g/mol. The number of benzene rings is 3. The van der Waals surface area contributed by atoms with Crippen molar-refractivity contribution in [2.45, 2.75) is 45.0 Å². The third-order valence-electron chi connectivity index (χ3n) is 7.61. The maximum Gasteiger partial charge on any atom is 0.251 e. The predicted octanol–water partition coefficient (Wildman–Crippen LogP) is 4.43. The molecular formula is C31H39N5O5S. The van der Waals surface area contributed by atoms with Crippen molar-refractivity contribution < 1.29 is 23.7 Å². The average Bonchev–Trinajstić information content (AvgIpc) is 3.58. The quantitative estimate of drug-likeness (QED) is 0.163. The van der Waals surface area contributed by atoms with Crippen molar-refractivity contribution >= 4 is 33.4 Å². The largest absolute Gasteiger partial charge is 0.497 e. The van der Waals surface area contributed by atoms with Gasteiger partial charge in [0.25, 0.3) is 5.91 Å². The van der Waals surface area contributed by atoms with Gasteiger partial charge in [-0.1, -0.05) is 42.5 Å². The number of carbonyl (C=O) groups excluding carboxylic acids is 1. The van der Waals surface area contributed by atoms with Gasteiger partial charge in [0.05, 0.1) is 42.5 Å². The molecule has 2 heterocycles. The van der Waals surface area contributed by atoms with Gasteiger partial charge in [-0.25, -0.2) is 4.98 Å². The lowest BCUT2D eigenvalue weighted by atomic mass is 10.00. The van der Waals surface area contributed by atoms with Gasteiger partial charge in [0.1, 0.15) is 11.3 Å². The third kappa shape index (κ3) is 6.71. The third-order valence-corrected chi connectivity index (χ3v) is 9.53. The van der Waals surface area contributed by atoms with E-state index in [0.29, 0.717) is 49.2 Å². The fourth-order valence-corrected chi connectivity index (χ4v) is 6.96. The zero-order valence-corrected chi connectivity index (χ0v) is 24.8. The van der Waals surface area contributed by atoms with E-state index in [0.717, 1.165) is 22.4 Å². The maximum absolute atomic E-state index is 13.8. The average molecular weight is 594 g/mol. The van der Waals surface area contributed by atoms with Gasteiger partial charge in [-0.3, -0.25) is 18.2 Å². The standard InChI is InChI=1S/C31H39N5O5S/c1-3-35-21-33-30-27(35)17-24(18-28(30)36-13-8-14-42(36,39)40)31(38)34-26(16-22-9-5-4-6-10-22)29(37)20-32-19-23-11-7-12-25(15-23)41-2/h4-7,9-12,15,17-18,21,26,29,32,37,39-40H,3,8,13-14,16,19-20H2,1-2H3,(H,34,38)/t26-,29+/m0/s1. The molecule has 1 aromatic heterocycles. The number of fused-ring (bicyclic) bond motifs is 1. The molecular weight excluding hydrogens is 554 g/mol. The lowest BCUT2D eigenvalue weighted by molar-refractivity contribution is 0.0830. The molecule has 1 amide bonds. The van der Waals surface area contributed by atoms with Gasteiger partial charge in [0.2, 0.25) is 0 Å². The molecule has 1 aliphatic rings. The second-order valence-corrected chi connectivity index (χ2v) is 12.6. The normalized spacial score (nSPS) is 16.7. The molecule has 1 saturated heterocycles. The SMILES string of the molecule is CCn1cnc2c(N3CCCS3(O)O)cc(C(=O)N[C@@H](Cc3ccccc3)[C@H](O)CNCc3cccc(OC)c3)cc21. The Balaban J connectivity index is 1.38. The minimum absolute atomic E-state index is 0.260. The van der Waals surface area contributed by atoms with E-state index >= 15 is 0 Å². The molecule has 0 aliphatic carbocycles. The Kier molecular flexibility index (Phi) is 9.34. The highest BCUT2D eigenvalue weighted by molar-refractivity contribution is 8.25. The number of imidazole rings is 1. The Labute approximate surface area is 247 Å². The second kappa shape index (κ2) is 13.1. The summed E-state index contributed by atoms with van der Waals surface area (Å²) in [5.74, 6) is 0.693. The molecule has 0 saturated carbocycles. The van der Waals surface area contributed by atoms with Gasteiger partial charge < -0.3 is 25.0 Å². The minimum atomic E-state index is -2.99. The predicted molar refractivity (Wildman–Crippen MR) is 167 cm³/mol. The molecule has 2 atom stereocenters. The first kappa shape index (κ1) is 29.9. The number of nitrogens with one attached hydrogen (secondary N) is 2. The zero-order valence-electron chi connectivity index (χ0n) is 23.9. The number of rotatable bonds is 12. The Hall–Kier alpha value is -3.61. The fourth-order valence-electron chi connectivity index (χ4n) is 5.35. The number of hydrogen-bond acceptors (Lipinski definition) is 8. The van der Waals surface area contributed by atoms with Crippen molar-refractivity contribution in [1.82, 2.24) is 20.2 Å². The van der Waals surface area contributed by atoms with Crippen LogP contribution in [0.2, 0.25) is 0 Å². The number of aliphatic hydroxyl groups is 1. The van der Waals surface area contributed by atoms with E-state index in [-0.39, 0.29) is 18.2 Å². The Morgan fingerprint density at radius 1 is 1.10 bits per heavy atom. The van der Waals surface area contributed by atoms with Crippen molar-refractivity contribution in [3.05, 3.63) is 89.7 Å². The number of anilines is 1. The summed E-state index contributed by atoms with van der Waals surface area (Å²) in [5, 5.41) is 17.6. The minimum Gasteiger partial charge on any atom is -0.497 e. The fraction of sp³-hybridized carbons (Fsp3) is 0.355. The van der Waals surface area contributed by atoms with E-state index in [1.54, 1.807) is 29.9 Å². The van der Waals surface area contributed by atoms with Crippen LogP contribution in [-0.2, 0) is 19.5 Å². The number of aliphatic hydroxyl groups excluding tert-OH is 1. The van der Waals surface area contributed by atoms with Crippen molar-refractivity contribution in [3.8, 4) is 5.75 Å². The topological polar surface area (TPSA) is 132 Å². The van der Waals surface area contributed by atoms with Gasteiger partial charge in [-0.05, 0) is 55.2 Å². The van der Waals surface area contributed by atoms with E-state index in [2.05, 4.69) is 15.6 Å². The maximum atomic E-state index is 13.8. The second-order valence-electron chi connectivity index (χ2n) is 10.5. The van der Waals surface area contributed by atoms with Gasteiger partial charge in [0, 0.05) is 31.7 Å². The zero-order chi connectivity index (χ0) is 29.7. The molecule has 11 heteroatoms. The van der Waals surface area contributed by atoms with Crippen LogP contribution < -0.4 is 19.7 Å². The molecule has 10 nitrogen and oxygen atoms in total. The van der Waals surface area contributed by atoms with Crippen LogP contribution in [0.5, 0.6) is 5.75 Å². The summed E-state index contributed by atoms with van der Waals surface area (Å²) in [4.78, 5) is 18.3. The van der Waals surface area contributed by atoms with Gasteiger partial charge in [-0.15, -0.1) is 10.8 Å². The molecule has 1 aliphatic heterocycles. The number of carbonyl (C=O) groups is 1. The highest BCUT2D eigenvalue weighted by Crippen LogP contribution is 2.52. The summed E-state index contributed by atoms with van der Waals surface area (Å²) in [6, 6.07) is 20.3. The van der Waals surface area contributed by atoms with E-state index < -0.39 is 22.9 Å². The van der Waals surface area contributed by atoms with Gasteiger partial charge in [0.15, 0.2) is 0 Å². The molecule has 0 unspecified atom stereocenters. The van der Waals surface area contributed by atoms with Crippen molar-refractivity contribution in [2.75, 3.05) is 30.3 Å². The van der Waals surface area contributed by atoms with Crippen molar-refractivity contribution in [3.63, 3.8) is 0 Å². The molecule has 0 spiro atoms. The van der Waals surface area contributed by atoms with Crippen LogP contribution >= 0.6 is 10.8 Å². The number of aryl methyl sites for hydroxylation is 1. The van der Waals surface area contributed by atoms with E-state index in [1.807, 2.05) is 66.1 Å². The van der Waals surface area contributed by atoms with Crippen molar-refractivity contribution in [2.24, 2.45) is 0 Å². The first-order chi connectivity index (χ1) is 20.3. The van der Waals surface area contributed by atoms with Crippen molar-refractivity contribution in [1.29, 1.82) is 0 Å². The van der Waals surface area contributed by atoms with E-state index in [4.69, 9.17) is 4.74 Å². The molecule has 1 fully saturated rings. The number of nitrogens with zero attached hydrogens (tertiary/aromatic N) is 3. The number of hydrogen-bond donors (Lipinski definition) is 5. The van der Waals surface area contributed by atoms with E-state index in [1.165, 1.54) is 0 Å². The number of methoxy groups -OCH3 is 1. The molecule has 42 heavy (non-hydrogen) atoms. The molecule has 224 valence electrons. The Morgan fingerprint density at radius 2 is 1.88 bits per heavy atom. The highest BCUT2D eigenvalue weighted by atomic mass is 32.3. The first-order valence-electron chi connectivity index (χ1n) is 14.2. The number of amides is 1.